The van der Waals surface area contributed by atoms with E-state index in [-0.39, 0.29) is 36.8 Å². The van der Waals surface area contributed by atoms with Crippen LogP contribution in [0.1, 0.15) is 50.8 Å². The van der Waals surface area contributed by atoms with Gasteiger partial charge < -0.3 is 19.5 Å². The highest BCUT2D eigenvalue weighted by Crippen LogP contribution is 2.24. The van der Waals surface area contributed by atoms with Crippen LogP contribution >= 0.6 is 0 Å². The van der Waals surface area contributed by atoms with E-state index in [9.17, 15) is 9.59 Å². The predicted molar refractivity (Wildman–Crippen MR) is 97.2 cm³/mol. The van der Waals surface area contributed by atoms with Gasteiger partial charge in [0.25, 0.3) is 5.91 Å². The average Bonchev–Trinajstić information content (AvgIpc) is 2.64. The zero-order valence-corrected chi connectivity index (χ0v) is 15.8. The van der Waals surface area contributed by atoms with E-state index in [1.807, 2.05) is 26.0 Å². The van der Waals surface area contributed by atoms with Crippen LogP contribution in [0.15, 0.2) is 36.3 Å². The van der Waals surface area contributed by atoms with E-state index in [0.717, 1.165) is 5.56 Å². The number of rotatable bonds is 7. The summed E-state index contributed by atoms with van der Waals surface area (Å²) in [6.07, 6.45) is 1.21. The molecule has 142 valence electrons. The number of carbonyl (C=O) groups excluding carboxylic acids is 2. The number of hydrogen-bond donors (Lipinski definition) is 1. The summed E-state index contributed by atoms with van der Waals surface area (Å²) in [4.78, 5) is 24.0. The maximum absolute atomic E-state index is 12.2. The third-order valence-electron chi connectivity index (χ3n) is 4.13. The second kappa shape index (κ2) is 9.27. The molecule has 1 aliphatic rings. The topological polar surface area (TPSA) is 73.9 Å². The van der Waals surface area contributed by atoms with Gasteiger partial charge in [-0.25, -0.2) is 4.79 Å². The molecule has 0 unspecified atom stereocenters. The molecular formula is C20H27NO5. The Morgan fingerprint density at radius 1 is 1.08 bits per heavy atom. The van der Waals surface area contributed by atoms with Gasteiger partial charge in [0.2, 0.25) is 5.76 Å². The van der Waals surface area contributed by atoms with Gasteiger partial charge in [-0.3, -0.25) is 4.79 Å². The highest BCUT2D eigenvalue weighted by Gasteiger charge is 2.21. The SMILES string of the molecule is CC(C)c1ccc([C@H](NC(=O)COC(=O)C2=COCCO2)C(C)C)cc1. The van der Waals surface area contributed by atoms with Gasteiger partial charge in [0.05, 0.1) is 6.04 Å². The largest absolute Gasteiger partial charge is 0.493 e. The normalized spacial score (nSPS) is 14.9. The van der Waals surface area contributed by atoms with Crippen molar-refractivity contribution in [3.8, 4) is 0 Å². The standard InChI is InChI=1S/C20H27NO5/c1-13(2)15-5-7-16(8-6-15)19(14(3)4)21-18(22)12-26-20(23)17-11-24-9-10-25-17/h5-8,11,13-14,19H,9-10,12H2,1-4H3,(H,21,22)/t19-/m1/s1. The van der Waals surface area contributed by atoms with Gasteiger partial charge in [0, 0.05) is 0 Å². The molecule has 1 amide bonds. The van der Waals surface area contributed by atoms with Crippen molar-refractivity contribution in [2.24, 2.45) is 5.92 Å². The predicted octanol–water partition coefficient (Wildman–Crippen LogP) is 3.05. The van der Waals surface area contributed by atoms with Crippen LogP contribution in [0.3, 0.4) is 0 Å². The maximum atomic E-state index is 12.2. The van der Waals surface area contributed by atoms with E-state index in [4.69, 9.17) is 14.2 Å². The monoisotopic (exact) mass is 361 g/mol. The number of amides is 1. The summed E-state index contributed by atoms with van der Waals surface area (Å²) in [5.74, 6) is -0.438. The lowest BCUT2D eigenvalue weighted by Crippen LogP contribution is -2.35. The Labute approximate surface area is 154 Å². The van der Waals surface area contributed by atoms with Crippen LogP contribution in [-0.4, -0.2) is 31.7 Å². The van der Waals surface area contributed by atoms with Crippen LogP contribution in [0.4, 0.5) is 0 Å². The molecule has 1 heterocycles. The Morgan fingerprint density at radius 2 is 1.73 bits per heavy atom. The molecule has 2 rings (SSSR count). The first-order chi connectivity index (χ1) is 12.4. The molecular weight excluding hydrogens is 334 g/mol. The zero-order valence-electron chi connectivity index (χ0n) is 15.8. The average molecular weight is 361 g/mol. The summed E-state index contributed by atoms with van der Waals surface area (Å²) >= 11 is 0. The van der Waals surface area contributed by atoms with Crippen LogP contribution in [0.5, 0.6) is 0 Å². The van der Waals surface area contributed by atoms with Crippen LogP contribution in [-0.2, 0) is 23.8 Å². The second-order valence-corrected chi connectivity index (χ2v) is 6.89. The molecule has 0 bridgehead atoms. The van der Waals surface area contributed by atoms with Crippen LogP contribution in [0, 0.1) is 5.92 Å². The first kappa shape index (κ1) is 19.8. The van der Waals surface area contributed by atoms with E-state index in [2.05, 4.69) is 31.3 Å². The zero-order chi connectivity index (χ0) is 19.1. The summed E-state index contributed by atoms with van der Waals surface area (Å²) in [5.41, 5.74) is 2.27. The first-order valence-corrected chi connectivity index (χ1v) is 8.89. The van der Waals surface area contributed by atoms with E-state index in [1.165, 1.54) is 11.8 Å². The molecule has 1 aromatic rings. The summed E-state index contributed by atoms with van der Waals surface area (Å²) in [6, 6.07) is 8.06. The van der Waals surface area contributed by atoms with Crippen molar-refractivity contribution >= 4 is 11.9 Å². The molecule has 0 fully saturated rings. The Kier molecular flexibility index (Phi) is 7.06. The molecule has 0 saturated carbocycles. The number of ether oxygens (including phenoxy) is 3. The van der Waals surface area contributed by atoms with Gasteiger partial charge in [-0.15, -0.1) is 0 Å². The van der Waals surface area contributed by atoms with Crippen LogP contribution in [0.25, 0.3) is 0 Å². The third-order valence-corrected chi connectivity index (χ3v) is 4.13. The van der Waals surface area contributed by atoms with Gasteiger partial charge in [-0.05, 0) is 23.0 Å². The van der Waals surface area contributed by atoms with Crippen molar-refractivity contribution in [2.75, 3.05) is 19.8 Å². The number of benzene rings is 1. The number of esters is 1. The smallest absolute Gasteiger partial charge is 0.377 e. The molecule has 0 aliphatic carbocycles. The summed E-state index contributed by atoms with van der Waals surface area (Å²) in [7, 11) is 0. The van der Waals surface area contributed by atoms with E-state index in [0.29, 0.717) is 12.5 Å². The van der Waals surface area contributed by atoms with Crippen molar-refractivity contribution < 1.29 is 23.8 Å². The molecule has 0 saturated heterocycles. The molecule has 26 heavy (non-hydrogen) atoms. The van der Waals surface area contributed by atoms with E-state index < -0.39 is 5.97 Å². The second-order valence-electron chi connectivity index (χ2n) is 6.89. The molecule has 6 nitrogen and oxygen atoms in total. The molecule has 0 spiro atoms. The van der Waals surface area contributed by atoms with Gasteiger partial charge in [-0.1, -0.05) is 52.0 Å². The molecule has 0 radical (unpaired) electrons. The van der Waals surface area contributed by atoms with Gasteiger partial charge in [0.15, 0.2) is 6.61 Å². The quantitative estimate of drug-likeness (QED) is 0.756. The first-order valence-electron chi connectivity index (χ1n) is 8.89. The lowest BCUT2D eigenvalue weighted by molar-refractivity contribution is -0.149. The minimum atomic E-state index is -0.706. The number of carbonyl (C=O) groups is 2. The molecule has 1 aromatic carbocycles. The molecule has 1 N–H and O–H groups in total. The van der Waals surface area contributed by atoms with Crippen molar-refractivity contribution in [3.05, 3.63) is 47.4 Å². The lowest BCUT2D eigenvalue weighted by Gasteiger charge is -2.23. The molecule has 0 aromatic heterocycles. The highest BCUT2D eigenvalue weighted by atomic mass is 16.6. The fourth-order valence-corrected chi connectivity index (χ4v) is 2.62. The maximum Gasteiger partial charge on any atom is 0.377 e. The summed E-state index contributed by atoms with van der Waals surface area (Å²) in [6.45, 7) is 8.66. The Morgan fingerprint density at radius 3 is 2.27 bits per heavy atom. The minimum Gasteiger partial charge on any atom is -0.493 e. The highest BCUT2D eigenvalue weighted by molar-refractivity contribution is 5.88. The van der Waals surface area contributed by atoms with Crippen LogP contribution in [0.2, 0.25) is 0 Å². The van der Waals surface area contributed by atoms with Crippen LogP contribution < -0.4 is 5.32 Å². The molecule has 1 aliphatic heterocycles. The van der Waals surface area contributed by atoms with E-state index >= 15 is 0 Å². The van der Waals surface area contributed by atoms with Crippen molar-refractivity contribution in [1.29, 1.82) is 0 Å². The van der Waals surface area contributed by atoms with E-state index in [1.54, 1.807) is 0 Å². The van der Waals surface area contributed by atoms with Crippen molar-refractivity contribution in [2.45, 2.75) is 39.7 Å². The third kappa shape index (κ3) is 5.51. The van der Waals surface area contributed by atoms with Crippen molar-refractivity contribution in [1.82, 2.24) is 5.32 Å². The summed E-state index contributed by atoms with van der Waals surface area (Å²) < 4.78 is 15.1. The van der Waals surface area contributed by atoms with Crippen molar-refractivity contribution in [3.63, 3.8) is 0 Å². The van der Waals surface area contributed by atoms with Gasteiger partial charge in [0.1, 0.15) is 19.5 Å². The molecule has 1 atom stereocenters. The fourth-order valence-electron chi connectivity index (χ4n) is 2.62. The van der Waals surface area contributed by atoms with Gasteiger partial charge >= 0.3 is 5.97 Å². The summed E-state index contributed by atoms with van der Waals surface area (Å²) in [5, 5.41) is 2.93. The molecule has 6 heteroatoms. The number of nitrogens with one attached hydrogen (secondary N) is 1. The number of hydrogen-bond acceptors (Lipinski definition) is 5. The Balaban J connectivity index is 1.93. The lowest BCUT2D eigenvalue weighted by atomic mass is 9.93. The van der Waals surface area contributed by atoms with Gasteiger partial charge in [-0.2, -0.15) is 0 Å². The minimum absolute atomic E-state index is 0.0197. The Hall–Kier alpha value is -2.50. The Bertz CT molecular complexity index is 649. The fraction of sp³-hybridized carbons (Fsp3) is 0.500.